The first-order chi connectivity index (χ1) is 8.19. The zero-order valence-corrected chi connectivity index (χ0v) is 10.4. The van der Waals surface area contributed by atoms with Crippen molar-refractivity contribution >= 4 is 11.6 Å². The average molecular weight is 239 g/mol. The first kappa shape index (κ1) is 13.7. The third kappa shape index (κ3) is 4.16. The van der Waals surface area contributed by atoms with Gasteiger partial charge in [-0.3, -0.25) is 0 Å². The molecule has 1 rings (SSSR count). The van der Waals surface area contributed by atoms with E-state index in [1.807, 2.05) is 0 Å². The maximum atomic E-state index is 9.20. The summed E-state index contributed by atoms with van der Waals surface area (Å²) < 4.78 is 0. The lowest BCUT2D eigenvalue weighted by atomic mass is 10.1. The summed E-state index contributed by atoms with van der Waals surface area (Å²) in [7, 11) is 0. The molecule has 0 spiro atoms. The van der Waals surface area contributed by atoms with Gasteiger partial charge in [-0.1, -0.05) is 13.3 Å². The second-order valence-electron chi connectivity index (χ2n) is 4.01. The van der Waals surface area contributed by atoms with Crippen LogP contribution in [0.3, 0.4) is 0 Å². The van der Waals surface area contributed by atoms with Gasteiger partial charge in [0, 0.05) is 12.1 Å². The van der Waals surface area contributed by atoms with E-state index in [-0.39, 0.29) is 6.10 Å². The third-order valence-corrected chi connectivity index (χ3v) is 2.44. The monoisotopic (exact) mass is 239 g/mol. The smallest absolute Gasteiger partial charge is 0.148 e. The third-order valence-electron chi connectivity index (χ3n) is 2.44. The molecule has 0 saturated carbocycles. The highest BCUT2D eigenvalue weighted by atomic mass is 16.3. The number of aromatic nitrogens is 2. The summed E-state index contributed by atoms with van der Waals surface area (Å²) in [6, 6.07) is 0. The molecule has 1 unspecified atom stereocenters. The van der Waals surface area contributed by atoms with E-state index < -0.39 is 0 Å². The number of nitrogens with zero attached hydrogens (tertiary/aromatic N) is 2. The number of nitrogen functional groups attached to an aromatic ring is 1. The van der Waals surface area contributed by atoms with E-state index >= 15 is 0 Å². The number of hydrogen-bond donors (Lipinski definition) is 4. The van der Waals surface area contributed by atoms with Crippen molar-refractivity contribution in [3.8, 4) is 0 Å². The van der Waals surface area contributed by atoms with Crippen LogP contribution >= 0.6 is 0 Å². The van der Waals surface area contributed by atoms with Gasteiger partial charge in [-0.05, 0) is 19.8 Å². The van der Waals surface area contributed by atoms with Gasteiger partial charge in [0.15, 0.2) is 0 Å². The van der Waals surface area contributed by atoms with Crippen molar-refractivity contribution in [3.63, 3.8) is 0 Å². The number of hydrazine groups is 1. The summed E-state index contributed by atoms with van der Waals surface area (Å²) >= 11 is 0. The van der Waals surface area contributed by atoms with E-state index in [9.17, 15) is 5.11 Å². The van der Waals surface area contributed by atoms with Gasteiger partial charge in [0.2, 0.25) is 0 Å². The summed E-state index contributed by atoms with van der Waals surface area (Å²) in [6.07, 6.45) is 3.69. The molecule has 0 aromatic carbocycles. The molecule has 0 aliphatic heterocycles. The molecule has 17 heavy (non-hydrogen) atoms. The van der Waals surface area contributed by atoms with Crippen molar-refractivity contribution in [2.24, 2.45) is 5.84 Å². The molecule has 1 aromatic rings. The Morgan fingerprint density at radius 2 is 2.12 bits per heavy atom. The molecular weight excluding hydrogens is 218 g/mol. The van der Waals surface area contributed by atoms with Crippen LogP contribution in [-0.2, 0) is 6.42 Å². The number of aliphatic hydroxyl groups excluding tert-OH is 1. The fourth-order valence-electron chi connectivity index (χ4n) is 1.58. The average Bonchev–Trinajstić information content (AvgIpc) is 2.30. The quantitative estimate of drug-likeness (QED) is 0.417. The predicted octanol–water partition coefficient (Wildman–Crippen LogP) is 0.898. The van der Waals surface area contributed by atoms with Crippen LogP contribution in [0.2, 0.25) is 0 Å². The highest BCUT2D eigenvalue weighted by Crippen LogP contribution is 2.20. The van der Waals surface area contributed by atoms with Gasteiger partial charge >= 0.3 is 0 Å². The maximum absolute atomic E-state index is 9.20. The second-order valence-corrected chi connectivity index (χ2v) is 4.01. The number of rotatable bonds is 7. The standard InChI is InChI=1S/C11H21N5O/c1-3-4-9-10(13-6-5-8(2)17)14-7-15-11(9)16-12/h7-8,17H,3-6,12H2,1-2H3,(H2,13,14,15,16). The topological polar surface area (TPSA) is 96.1 Å². The van der Waals surface area contributed by atoms with Crippen molar-refractivity contribution in [2.75, 3.05) is 17.3 Å². The van der Waals surface area contributed by atoms with E-state index in [1.165, 1.54) is 6.33 Å². The van der Waals surface area contributed by atoms with E-state index in [4.69, 9.17) is 5.84 Å². The molecule has 0 aliphatic carbocycles. The van der Waals surface area contributed by atoms with Crippen LogP contribution in [0.25, 0.3) is 0 Å². The van der Waals surface area contributed by atoms with Gasteiger partial charge < -0.3 is 15.8 Å². The number of aliphatic hydroxyl groups is 1. The number of anilines is 2. The molecule has 0 bridgehead atoms. The Hall–Kier alpha value is -1.40. The van der Waals surface area contributed by atoms with Crippen LogP contribution < -0.4 is 16.6 Å². The van der Waals surface area contributed by atoms with E-state index in [0.29, 0.717) is 18.8 Å². The summed E-state index contributed by atoms with van der Waals surface area (Å²) in [5.74, 6) is 6.86. The number of nitrogens with two attached hydrogens (primary N) is 1. The van der Waals surface area contributed by atoms with E-state index in [0.717, 1.165) is 24.2 Å². The van der Waals surface area contributed by atoms with Crippen molar-refractivity contribution < 1.29 is 5.11 Å². The molecule has 5 N–H and O–H groups in total. The second kappa shape index (κ2) is 7.03. The molecule has 0 amide bonds. The van der Waals surface area contributed by atoms with Crippen molar-refractivity contribution in [2.45, 2.75) is 39.2 Å². The van der Waals surface area contributed by atoms with Crippen LogP contribution in [0.4, 0.5) is 11.6 Å². The number of nitrogens with one attached hydrogen (secondary N) is 2. The van der Waals surface area contributed by atoms with E-state index in [2.05, 4.69) is 27.6 Å². The zero-order chi connectivity index (χ0) is 12.7. The molecule has 96 valence electrons. The summed E-state index contributed by atoms with van der Waals surface area (Å²) in [5.41, 5.74) is 3.57. The maximum Gasteiger partial charge on any atom is 0.148 e. The zero-order valence-electron chi connectivity index (χ0n) is 10.4. The highest BCUT2D eigenvalue weighted by molar-refractivity contribution is 5.56. The van der Waals surface area contributed by atoms with Crippen molar-refractivity contribution in [1.29, 1.82) is 0 Å². The van der Waals surface area contributed by atoms with Gasteiger partial charge in [-0.15, -0.1) is 0 Å². The molecule has 0 aliphatic rings. The molecule has 0 fully saturated rings. The minimum atomic E-state index is -0.314. The van der Waals surface area contributed by atoms with Gasteiger partial charge in [-0.2, -0.15) is 0 Å². The van der Waals surface area contributed by atoms with Crippen LogP contribution in [-0.4, -0.2) is 27.7 Å². The Kier molecular flexibility index (Phi) is 5.65. The molecule has 1 atom stereocenters. The Morgan fingerprint density at radius 3 is 2.71 bits per heavy atom. The van der Waals surface area contributed by atoms with Gasteiger partial charge in [0.05, 0.1) is 6.10 Å². The van der Waals surface area contributed by atoms with Gasteiger partial charge in [0.25, 0.3) is 0 Å². The Bertz CT molecular complexity index is 343. The molecule has 0 saturated heterocycles. The summed E-state index contributed by atoms with van der Waals surface area (Å²) in [4.78, 5) is 8.29. The Balaban J connectivity index is 2.75. The largest absolute Gasteiger partial charge is 0.393 e. The minimum absolute atomic E-state index is 0.314. The lowest BCUT2D eigenvalue weighted by Gasteiger charge is -2.13. The predicted molar refractivity (Wildman–Crippen MR) is 68.6 cm³/mol. The molecule has 6 heteroatoms. The fourth-order valence-corrected chi connectivity index (χ4v) is 1.58. The minimum Gasteiger partial charge on any atom is -0.393 e. The van der Waals surface area contributed by atoms with Crippen LogP contribution in [0.5, 0.6) is 0 Å². The van der Waals surface area contributed by atoms with Crippen molar-refractivity contribution in [1.82, 2.24) is 9.97 Å². The fraction of sp³-hybridized carbons (Fsp3) is 0.636. The Labute approximate surface area is 102 Å². The molecular formula is C11H21N5O. The lowest BCUT2D eigenvalue weighted by molar-refractivity contribution is 0.188. The molecule has 1 aromatic heterocycles. The lowest BCUT2D eigenvalue weighted by Crippen LogP contribution is -2.16. The van der Waals surface area contributed by atoms with Gasteiger partial charge in [-0.25, -0.2) is 15.8 Å². The highest BCUT2D eigenvalue weighted by Gasteiger charge is 2.09. The molecule has 6 nitrogen and oxygen atoms in total. The molecule has 1 heterocycles. The van der Waals surface area contributed by atoms with E-state index in [1.54, 1.807) is 6.92 Å². The van der Waals surface area contributed by atoms with Crippen molar-refractivity contribution in [3.05, 3.63) is 11.9 Å². The van der Waals surface area contributed by atoms with Crippen LogP contribution in [0.1, 0.15) is 32.3 Å². The molecule has 0 radical (unpaired) electrons. The van der Waals surface area contributed by atoms with Crippen LogP contribution in [0.15, 0.2) is 6.33 Å². The first-order valence-electron chi connectivity index (χ1n) is 5.91. The Morgan fingerprint density at radius 1 is 1.41 bits per heavy atom. The first-order valence-corrected chi connectivity index (χ1v) is 5.91. The van der Waals surface area contributed by atoms with Crippen LogP contribution in [0, 0.1) is 0 Å². The SMILES string of the molecule is CCCc1c(NN)ncnc1NCCC(C)O. The normalized spacial score (nSPS) is 12.2. The summed E-state index contributed by atoms with van der Waals surface area (Å²) in [6.45, 7) is 4.53. The summed E-state index contributed by atoms with van der Waals surface area (Å²) in [5, 5.41) is 12.4. The number of hydrogen-bond acceptors (Lipinski definition) is 6. The van der Waals surface area contributed by atoms with Gasteiger partial charge in [0.1, 0.15) is 18.0 Å².